The van der Waals surface area contributed by atoms with Gasteiger partial charge in [-0.05, 0) is 6.07 Å². The minimum absolute atomic E-state index is 0.111. The lowest BCUT2D eigenvalue weighted by molar-refractivity contribution is -0.120. The largest absolute Gasteiger partial charge is 0.381 e. The van der Waals surface area contributed by atoms with Crippen LogP contribution in [0, 0.1) is 5.82 Å². The zero-order valence-electron chi connectivity index (χ0n) is 9.65. The van der Waals surface area contributed by atoms with Crippen LogP contribution in [0.15, 0.2) is 12.3 Å². The van der Waals surface area contributed by atoms with Crippen LogP contribution in [0.4, 0.5) is 10.2 Å². The van der Waals surface area contributed by atoms with E-state index in [4.69, 9.17) is 5.73 Å². The lowest BCUT2D eigenvalue weighted by atomic mass is 10.2. The number of carbonyl (C=O) groups excluding carboxylic acids is 2. The molecule has 1 fully saturated rings. The van der Waals surface area contributed by atoms with Gasteiger partial charge in [-0.15, -0.1) is 0 Å². The zero-order valence-corrected chi connectivity index (χ0v) is 9.65. The van der Waals surface area contributed by atoms with Gasteiger partial charge in [0.15, 0.2) is 11.6 Å². The molecule has 2 rings (SSSR count). The number of nitrogens with one attached hydrogen (secondary N) is 1. The van der Waals surface area contributed by atoms with Crippen LogP contribution in [0.2, 0.25) is 0 Å². The summed E-state index contributed by atoms with van der Waals surface area (Å²) in [5, 5.41) is 2.64. The molecule has 1 aliphatic heterocycles. The van der Waals surface area contributed by atoms with Crippen molar-refractivity contribution < 1.29 is 14.0 Å². The number of pyridine rings is 1. The Kier molecular flexibility index (Phi) is 3.40. The van der Waals surface area contributed by atoms with Gasteiger partial charge in [0.25, 0.3) is 5.91 Å². The van der Waals surface area contributed by atoms with Crippen LogP contribution in [-0.2, 0) is 4.79 Å². The molecule has 1 aromatic rings. The molecular formula is C11H13FN4O2. The third kappa shape index (κ3) is 2.39. The predicted molar refractivity (Wildman–Crippen MR) is 62.1 cm³/mol. The highest BCUT2D eigenvalue weighted by molar-refractivity contribution is 5.95. The minimum Gasteiger partial charge on any atom is -0.381 e. The van der Waals surface area contributed by atoms with Gasteiger partial charge in [-0.25, -0.2) is 9.37 Å². The topological polar surface area (TPSA) is 88.3 Å². The van der Waals surface area contributed by atoms with Crippen molar-refractivity contribution in [1.82, 2.24) is 15.2 Å². The van der Waals surface area contributed by atoms with Crippen molar-refractivity contribution in [3.05, 3.63) is 23.6 Å². The van der Waals surface area contributed by atoms with Crippen LogP contribution in [0.1, 0.15) is 16.8 Å². The summed E-state index contributed by atoms with van der Waals surface area (Å²) in [5.74, 6) is -1.70. The molecule has 2 amide bonds. The third-order valence-corrected chi connectivity index (χ3v) is 2.75. The van der Waals surface area contributed by atoms with Crippen molar-refractivity contribution in [2.75, 3.05) is 25.4 Å². The van der Waals surface area contributed by atoms with Crippen molar-refractivity contribution in [3.8, 4) is 0 Å². The summed E-state index contributed by atoms with van der Waals surface area (Å²) in [5.41, 5.74) is 5.20. The Labute approximate surface area is 103 Å². The first kappa shape index (κ1) is 12.3. The van der Waals surface area contributed by atoms with Gasteiger partial charge < -0.3 is 16.0 Å². The summed E-state index contributed by atoms with van der Waals surface area (Å²) in [7, 11) is 0. The average Bonchev–Trinajstić information content (AvgIpc) is 2.57. The number of nitrogen functional groups attached to an aromatic ring is 1. The summed E-state index contributed by atoms with van der Waals surface area (Å²) in [6.07, 6.45) is 1.50. The minimum atomic E-state index is -0.814. The summed E-state index contributed by atoms with van der Waals surface area (Å²) >= 11 is 0. The molecule has 7 heteroatoms. The second-order valence-corrected chi connectivity index (χ2v) is 3.95. The number of aromatic nitrogens is 1. The number of amides is 2. The SMILES string of the molecule is Nc1nccc(C(=O)N2CCNC(=O)CC2)c1F. The van der Waals surface area contributed by atoms with Crippen molar-refractivity contribution in [2.24, 2.45) is 0 Å². The van der Waals surface area contributed by atoms with E-state index in [2.05, 4.69) is 10.3 Å². The molecule has 18 heavy (non-hydrogen) atoms. The highest BCUT2D eigenvalue weighted by Gasteiger charge is 2.23. The number of nitrogens with two attached hydrogens (primary N) is 1. The van der Waals surface area contributed by atoms with E-state index in [0.717, 1.165) is 0 Å². The zero-order chi connectivity index (χ0) is 13.1. The quantitative estimate of drug-likeness (QED) is 0.722. The van der Waals surface area contributed by atoms with Crippen LogP contribution < -0.4 is 11.1 Å². The Morgan fingerprint density at radius 3 is 3.06 bits per heavy atom. The molecule has 0 saturated carbocycles. The molecule has 0 bridgehead atoms. The first-order valence-corrected chi connectivity index (χ1v) is 5.55. The Hall–Kier alpha value is -2.18. The smallest absolute Gasteiger partial charge is 0.257 e. The second-order valence-electron chi connectivity index (χ2n) is 3.95. The fraction of sp³-hybridized carbons (Fsp3) is 0.364. The molecule has 0 aliphatic carbocycles. The Bertz CT molecular complexity index is 492. The number of carbonyl (C=O) groups is 2. The highest BCUT2D eigenvalue weighted by atomic mass is 19.1. The average molecular weight is 252 g/mol. The van der Waals surface area contributed by atoms with E-state index in [1.807, 2.05) is 0 Å². The predicted octanol–water partition coefficient (Wildman–Crippen LogP) is -0.235. The molecule has 0 unspecified atom stereocenters. The summed E-state index contributed by atoms with van der Waals surface area (Å²) < 4.78 is 13.7. The number of anilines is 1. The molecule has 0 atom stereocenters. The van der Waals surface area contributed by atoms with E-state index in [1.165, 1.54) is 17.2 Å². The van der Waals surface area contributed by atoms with Gasteiger partial charge in [0.2, 0.25) is 5.91 Å². The fourth-order valence-electron chi connectivity index (χ4n) is 1.77. The second kappa shape index (κ2) is 4.99. The lowest BCUT2D eigenvalue weighted by Gasteiger charge is -2.19. The first-order chi connectivity index (χ1) is 8.59. The normalized spacial score (nSPS) is 16.1. The molecular weight excluding hydrogens is 239 g/mol. The van der Waals surface area contributed by atoms with Gasteiger partial charge >= 0.3 is 0 Å². The van der Waals surface area contributed by atoms with Crippen LogP contribution >= 0.6 is 0 Å². The fourth-order valence-corrected chi connectivity index (χ4v) is 1.77. The standard InChI is InChI=1S/C11H13FN4O2/c12-9-7(1-3-15-10(9)13)11(18)16-5-2-8(17)14-4-6-16/h1,3H,2,4-6H2,(H2,13,15)(H,14,17). The van der Waals surface area contributed by atoms with Crippen LogP contribution in [0.3, 0.4) is 0 Å². The van der Waals surface area contributed by atoms with E-state index in [0.29, 0.717) is 13.1 Å². The number of hydrogen-bond donors (Lipinski definition) is 2. The molecule has 3 N–H and O–H groups in total. The molecule has 1 aromatic heterocycles. The number of nitrogens with zero attached hydrogens (tertiary/aromatic N) is 2. The van der Waals surface area contributed by atoms with Gasteiger partial charge in [0, 0.05) is 32.3 Å². The number of hydrogen-bond acceptors (Lipinski definition) is 4. The molecule has 6 nitrogen and oxygen atoms in total. The van der Waals surface area contributed by atoms with Gasteiger partial charge in [-0.1, -0.05) is 0 Å². The van der Waals surface area contributed by atoms with Crippen LogP contribution in [-0.4, -0.2) is 41.3 Å². The molecule has 2 heterocycles. The van der Waals surface area contributed by atoms with E-state index in [9.17, 15) is 14.0 Å². The number of halogens is 1. The maximum atomic E-state index is 13.7. The van der Waals surface area contributed by atoms with Crippen molar-refractivity contribution in [3.63, 3.8) is 0 Å². The first-order valence-electron chi connectivity index (χ1n) is 5.55. The molecule has 0 spiro atoms. The van der Waals surface area contributed by atoms with E-state index >= 15 is 0 Å². The van der Waals surface area contributed by atoms with Crippen molar-refractivity contribution in [1.29, 1.82) is 0 Å². The Morgan fingerprint density at radius 2 is 2.28 bits per heavy atom. The van der Waals surface area contributed by atoms with Gasteiger partial charge in [0.05, 0.1) is 5.56 Å². The lowest BCUT2D eigenvalue weighted by Crippen LogP contribution is -2.34. The third-order valence-electron chi connectivity index (χ3n) is 2.75. The van der Waals surface area contributed by atoms with Gasteiger partial charge in [-0.2, -0.15) is 0 Å². The maximum Gasteiger partial charge on any atom is 0.257 e. The summed E-state index contributed by atoms with van der Waals surface area (Å²) in [6, 6.07) is 1.29. The summed E-state index contributed by atoms with van der Waals surface area (Å²) in [6.45, 7) is 0.991. The molecule has 96 valence electrons. The number of rotatable bonds is 1. The Morgan fingerprint density at radius 1 is 1.50 bits per heavy atom. The maximum absolute atomic E-state index is 13.7. The molecule has 0 radical (unpaired) electrons. The molecule has 0 aromatic carbocycles. The van der Waals surface area contributed by atoms with E-state index in [1.54, 1.807) is 0 Å². The van der Waals surface area contributed by atoms with Crippen LogP contribution in [0.25, 0.3) is 0 Å². The Balaban J connectivity index is 2.20. The van der Waals surface area contributed by atoms with Crippen LogP contribution in [0.5, 0.6) is 0 Å². The van der Waals surface area contributed by atoms with E-state index < -0.39 is 11.7 Å². The van der Waals surface area contributed by atoms with Crippen molar-refractivity contribution >= 4 is 17.6 Å². The van der Waals surface area contributed by atoms with E-state index in [-0.39, 0.29) is 30.3 Å². The summed E-state index contributed by atoms with van der Waals surface area (Å²) in [4.78, 5) is 28.2. The van der Waals surface area contributed by atoms with Crippen molar-refractivity contribution in [2.45, 2.75) is 6.42 Å². The van der Waals surface area contributed by atoms with Gasteiger partial charge in [0.1, 0.15) is 0 Å². The molecule has 1 aliphatic rings. The highest BCUT2D eigenvalue weighted by Crippen LogP contribution is 2.14. The van der Waals surface area contributed by atoms with Gasteiger partial charge in [-0.3, -0.25) is 9.59 Å². The molecule has 1 saturated heterocycles. The monoisotopic (exact) mass is 252 g/mol.